The molecular weight excluding hydrogens is 220 g/mol. The van der Waals surface area contributed by atoms with Crippen molar-refractivity contribution in [1.29, 1.82) is 0 Å². The third-order valence-corrected chi connectivity index (χ3v) is 4.21. The first-order chi connectivity index (χ1) is 7.69. The maximum atomic E-state index is 11.5. The molecule has 1 aliphatic rings. The third-order valence-electron chi connectivity index (χ3n) is 3.49. The molecule has 2 rings (SSSR count). The molecule has 0 spiro atoms. The van der Waals surface area contributed by atoms with Gasteiger partial charge in [0.15, 0.2) is 0 Å². The number of rotatable bonds is 3. The van der Waals surface area contributed by atoms with Crippen LogP contribution in [-0.4, -0.2) is 17.3 Å². The van der Waals surface area contributed by atoms with Gasteiger partial charge in [0.05, 0.1) is 5.41 Å². The Hall–Kier alpha value is -0.960. The molecule has 0 saturated heterocycles. The van der Waals surface area contributed by atoms with Gasteiger partial charge in [-0.2, -0.15) is 0 Å². The molecule has 3 heteroatoms. The van der Waals surface area contributed by atoms with Gasteiger partial charge in [0.1, 0.15) is 0 Å². The summed E-state index contributed by atoms with van der Waals surface area (Å²) in [4.78, 5) is 12.7. The van der Waals surface area contributed by atoms with Crippen LogP contribution in [0.25, 0.3) is 0 Å². The van der Waals surface area contributed by atoms with E-state index in [-0.39, 0.29) is 0 Å². The molecule has 0 atom stereocenters. The van der Waals surface area contributed by atoms with Gasteiger partial charge in [0.2, 0.25) is 0 Å². The van der Waals surface area contributed by atoms with E-state index in [0.717, 1.165) is 36.1 Å². The minimum absolute atomic E-state index is 0.619. The molecule has 2 nitrogen and oxygen atoms in total. The maximum Gasteiger partial charge on any atom is 0.314 e. The summed E-state index contributed by atoms with van der Waals surface area (Å²) in [5.74, 6) is -0.664. The Morgan fingerprint density at radius 2 is 2.06 bits per heavy atom. The second-order valence-corrected chi connectivity index (χ2v) is 5.21. The van der Waals surface area contributed by atoms with E-state index in [0.29, 0.717) is 0 Å². The Kier molecular flexibility index (Phi) is 3.24. The molecule has 0 unspecified atom stereocenters. The number of thioether (sulfide) groups is 1. The van der Waals surface area contributed by atoms with Crippen molar-refractivity contribution < 1.29 is 9.90 Å². The molecule has 1 aliphatic carbocycles. The highest BCUT2D eigenvalue weighted by Gasteiger charge is 2.42. The fourth-order valence-corrected chi connectivity index (χ4v) is 2.98. The number of carbonyl (C=O) groups is 1. The number of carboxylic acids is 1. The molecule has 86 valence electrons. The smallest absolute Gasteiger partial charge is 0.314 e. The van der Waals surface area contributed by atoms with Crippen molar-refractivity contribution in [1.82, 2.24) is 0 Å². The van der Waals surface area contributed by atoms with Crippen LogP contribution >= 0.6 is 11.8 Å². The third kappa shape index (κ3) is 1.84. The Balaban J connectivity index is 2.43. The van der Waals surface area contributed by atoms with Crippen molar-refractivity contribution >= 4 is 17.7 Å². The topological polar surface area (TPSA) is 37.3 Å². The van der Waals surface area contributed by atoms with Crippen LogP contribution in [0.1, 0.15) is 31.2 Å². The van der Waals surface area contributed by atoms with Crippen LogP contribution in [0.2, 0.25) is 0 Å². The van der Waals surface area contributed by atoms with Crippen molar-refractivity contribution in [2.24, 2.45) is 0 Å². The largest absolute Gasteiger partial charge is 0.481 e. The molecule has 0 heterocycles. The van der Waals surface area contributed by atoms with Crippen LogP contribution in [0.4, 0.5) is 0 Å². The van der Waals surface area contributed by atoms with E-state index in [1.54, 1.807) is 11.8 Å². The van der Waals surface area contributed by atoms with E-state index in [1.807, 2.05) is 30.5 Å². The Morgan fingerprint density at radius 1 is 1.38 bits per heavy atom. The van der Waals surface area contributed by atoms with Crippen molar-refractivity contribution in [3.05, 3.63) is 29.8 Å². The molecule has 1 aromatic rings. The molecule has 0 bridgehead atoms. The Bertz CT molecular complexity index is 395. The SMILES string of the molecule is CSc1cccc(C2(C(=O)O)CCCC2)c1. The minimum Gasteiger partial charge on any atom is -0.481 e. The van der Waals surface area contributed by atoms with Crippen molar-refractivity contribution in [2.75, 3.05) is 6.26 Å². The summed E-state index contributed by atoms with van der Waals surface area (Å²) in [6.45, 7) is 0. The average molecular weight is 236 g/mol. The lowest BCUT2D eigenvalue weighted by Crippen LogP contribution is -2.32. The molecule has 0 radical (unpaired) electrons. The average Bonchev–Trinajstić information content (AvgIpc) is 2.79. The van der Waals surface area contributed by atoms with Gasteiger partial charge in [-0.3, -0.25) is 4.79 Å². The van der Waals surface area contributed by atoms with Crippen LogP contribution in [0, 0.1) is 0 Å². The lowest BCUT2D eigenvalue weighted by atomic mass is 9.79. The van der Waals surface area contributed by atoms with E-state index in [4.69, 9.17) is 0 Å². The van der Waals surface area contributed by atoms with Crippen LogP contribution in [0.3, 0.4) is 0 Å². The number of benzene rings is 1. The first-order valence-corrected chi connectivity index (χ1v) is 6.79. The predicted octanol–water partition coefficient (Wildman–Crippen LogP) is 3.30. The van der Waals surface area contributed by atoms with E-state index < -0.39 is 11.4 Å². The van der Waals surface area contributed by atoms with Gasteiger partial charge >= 0.3 is 5.97 Å². The highest BCUT2D eigenvalue weighted by Crippen LogP contribution is 2.42. The first kappa shape index (κ1) is 11.5. The predicted molar refractivity (Wildman–Crippen MR) is 66.0 cm³/mol. The summed E-state index contributed by atoms with van der Waals surface area (Å²) in [6, 6.07) is 7.98. The van der Waals surface area contributed by atoms with Gasteiger partial charge in [0, 0.05) is 4.90 Å². The van der Waals surface area contributed by atoms with Crippen LogP contribution in [-0.2, 0) is 10.2 Å². The Morgan fingerprint density at radius 3 is 2.62 bits per heavy atom. The molecule has 16 heavy (non-hydrogen) atoms. The van der Waals surface area contributed by atoms with Gasteiger partial charge in [-0.1, -0.05) is 25.0 Å². The number of aliphatic carboxylic acids is 1. The van der Waals surface area contributed by atoms with Gasteiger partial charge in [-0.15, -0.1) is 11.8 Å². The minimum atomic E-state index is -0.664. The fourth-order valence-electron chi connectivity index (χ4n) is 2.53. The lowest BCUT2D eigenvalue weighted by Gasteiger charge is -2.24. The zero-order valence-electron chi connectivity index (χ0n) is 9.40. The summed E-state index contributed by atoms with van der Waals surface area (Å²) >= 11 is 1.66. The van der Waals surface area contributed by atoms with Crippen LogP contribution in [0.5, 0.6) is 0 Å². The second kappa shape index (κ2) is 4.50. The van der Waals surface area contributed by atoms with Crippen molar-refractivity contribution in [2.45, 2.75) is 36.0 Å². The number of hydrogen-bond acceptors (Lipinski definition) is 2. The monoisotopic (exact) mass is 236 g/mol. The summed E-state index contributed by atoms with van der Waals surface area (Å²) in [7, 11) is 0. The number of hydrogen-bond donors (Lipinski definition) is 1. The van der Waals surface area contributed by atoms with Gasteiger partial charge in [-0.05, 0) is 36.8 Å². The standard InChI is InChI=1S/C13H16O2S/c1-16-11-6-4-5-10(9-11)13(12(14)15)7-2-3-8-13/h4-6,9H,2-3,7-8H2,1H3,(H,14,15). The lowest BCUT2D eigenvalue weighted by molar-refractivity contribution is -0.143. The summed E-state index contributed by atoms with van der Waals surface area (Å²) in [6.07, 6.45) is 5.62. The maximum absolute atomic E-state index is 11.5. The molecule has 0 amide bonds. The molecule has 0 aliphatic heterocycles. The highest BCUT2D eigenvalue weighted by molar-refractivity contribution is 7.98. The zero-order chi connectivity index (χ0) is 11.6. The second-order valence-electron chi connectivity index (χ2n) is 4.33. The van der Waals surface area contributed by atoms with Gasteiger partial charge < -0.3 is 5.11 Å². The molecule has 1 fully saturated rings. The van der Waals surface area contributed by atoms with Crippen LogP contribution in [0.15, 0.2) is 29.2 Å². The van der Waals surface area contributed by atoms with Crippen molar-refractivity contribution in [3.8, 4) is 0 Å². The van der Waals surface area contributed by atoms with E-state index >= 15 is 0 Å². The summed E-state index contributed by atoms with van der Waals surface area (Å²) < 4.78 is 0. The Labute approximate surface area is 100 Å². The van der Waals surface area contributed by atoms with Gasteiger partial charge in [-0.25, -0.2) is 0 Å². The van der Waals surface area contributed by atoms with Gasteiger partial charge in [0.25, 0.3) is 0 Å². The first-order valence-electron chi connectivity index (χ1n) is 5.57. The van der Waals surface area contributed by atoms with E-state index in [1.165, 1.54) is 0 Å². The molecule has 1 saturated carbocycles. The quantitative estimate of drug-likeness (QED) is 0.818. The van der Waals surface area contributed by atoms with Crippen LogP contribution < -0.4 is 0 Å². The number of carboxylic acid groups (broad SMARTS) is 1. The van der Waals surface area contributed by atoms with E-state index in [9.17, 15) is 9.90 Å². The van der Waals surface area contributed by atoms with Crippen molar-refractivity contribution in [3.63, 3.8) is 0 Å². The fraction of sp³-hybridized carbons (Fsp3) is 0.462. The normalized spacial score (nSPS) is 18.6. The molecule has 0 aromatic heterocycles. The zero-order valence-corrected chi connectivity index (χ0v) is 10.2. The summed E-state index contributed by atoms with van der Waals surface area (Å²) in [5, 5.41) is 9.47. The molecular formula is C13H16O2S. The molecule has 1 N–H and O–H groups in total. The van der Waals surface area contributed by atoms with E-state index in [2.05, 4.69) is 0 Å². The highest BCUT2D eigenvalue weighted by atomic mass is 32.2. The molecule has 1 aromatic carbocycles. The summed E-state index contributed by atoms with van der Waals surface area (Å²) in [5.41, 5.74) is 0.357.